The summed E-state index contributed by atoms with van der Waals surface area (Å²) in [5.41, 5.74) is 0.640. The number of rotatable bonds is 6. The zero-order valence-electron chi connectivity index (χ0n) is 15.6. The van der Waals surface area contributed by atoms with E-state index in [0.29, 0.717) is 30.8 Å². The summed E-state index contributed by atoms with van der Waals surface area (Å²) >= 11 is 0. The number of hydrogen-bond donors (Lipinski definition) is 1. The molecule has 1 fully saturated rings. The van der Waals surface area contributed by atoms with Crippen LogP contribution >= 0.6 is 0 Å². The van der Waals surface area contributed by atoms with Crippen molar-refractivity contribution >= 4 is 15.9 Å². The molecule has 2 aliphatic heterocycles. The molecular weight excluding hydrogens is 399 g/mol. The number of carbonyl (C=O) groups excluding carboxylic acids is 1. The average molecular weight is 420 g/mol. The van der Waals surface area contributed by atoms with Gasteiger partial charge in [0.05, 0.1) is 0 Å². The van der Waals surface area contributed by atoms with Crippen LogP contribution in [0.15, 0.2) is 47.4 Å². The van der Waals surface area contributed by atoms with E-state index in [4.69, 9.17) is 9.47 Å². The van der Waals surface area contributed by atoms with E-state index in [9.17, 15) is 17.6 Å². The molecule has 1 saturated heterocycles. The molecule has 1 atom stereocenters. The van der Waals surface area contributed by atoms with Gasteiger partial charge in [-0.25, -0.2) is 12.8 Å². The molecule has 2 heterocycles. The number of nitrogens with zero attached hydrogens (tertiary/aromatic N) is 1. The van der Waals surface area contributed by atoms with Crippen molar-refractivity contribution in [2.75, 3.05) is 19.8 Å². The molecule has 2 aromatic rings. The fourth-order valence-corrected chi connectivity index (χ4v) is 5.11. The Hall–Kier alpha value is -2.65. The average Bonchev–Trinajstić information content (AvgIpc) is 3.13. The molecule has 0 aliphatic carbocycles. The van der Waals surface area contributed by atoms with E-state index >= 15 is 0 Å². The number of carbonyl (C=O) groups is 1. The number of ether oxygens (including phenoxy) is 2. The Bertz CT molecular complexity index is 1010. The molecule has 2 aromatic carbocycles. The van der Waals surface area contributed by atoms with Gasteiger partial charge >= 0.3 is 0 Å². The van der Waals surface area contributed by atoms with E-state index in [0.717, 1.165) is 0 Å². The Morgan fingerprint density at radius 3 is 2.59 bits per heavy atom. The van der Waals surface area contributed by atoms with Crippen LogP contribution in [-0.4, -0.2) is 44.4 Å². The molecule has 1 amide bonds. The van der Waals surface area contributed by atoms with Crippen LogP contribution in [0.2, 0.25) is 0 Å². The highest BCUT2D eigenvalue weighted by molar-refractivity contribution is 7.89. The lowest BCUT2D eigenvalue weighted by Gasteiger charge is -2.27. The number of fused-ring (bicyclic) bond motifs is 1. The van der Waals surface area contributed by atoms with Crippen LogP contribution in [-0.2, 0) is 21.4 Å². The number of halogens is 1. The monoisotopic (exact) mass is 420 g/mol. The first-order valence-corrected chi connectivity index (χ1v) is 10.8. The molecule has 0 spiro atoms. The topological polar surface area (TPSA) is 84.9 Å². The third-order valence-corrected chi connectivity index (χ3v) is 6.76. The Kier molecular flexibility index (Phi) is 5.42. The molecule has 2 aliphatic rings. The van der Waals surface area contributed by atoms with E-state index < -0.39 is 15.8 Å². The van der Waals surface area contributed by atoms with Crippen LogP contribution in [0.5, 0.6) is 11.5 Å². The van der Waals surface area contributed by atoms with E-state index in [1.165, 1.54) is 22.5 Å². The van der Waals surface area contributed by atoms with E-state index in [-0.39, 0.29) is 42.3 Å². The van der Waals surface area contributed by atoms with Crippen LogP contribution in [0, 0.1) is 5.82 Å². The fourth-order valence-electron chi connectivity index (χ4n) is 3.49. The van der Waals surface area contributed by atoms with Gasteiger partial charge in [0, 0.05) is 25.6 Å². The molecule has 4 rings (SSSR count). The highest BCUT2D eigenvalue weighted by Gasteiger charge is 2.34. The number of benzene rings is 2. The van der Waals surface area contributed by atoms with Gasteiger partial charge in [0.15, 0.2) is 11.5 Å². The van der Waals surface area contributed by atoms with Crippen molar-refractivity contribution in [2.45, 2.75) is 30.3 Å². The number of sulfonamides is 1. The zero-order valence-corrected chi connectivity index (χ0v) is 16.5. The van der Waals surface area contributed by atoms with Gasteiger partial charge in [0.25, 0.3) is 0 Å². The molecular formula is C20H21FN2O5S. The summed E-state index contributed by atoms with van der Waals surface area (Å²) in [7, 11) is -3.97. The first-order chi connectivity index (χ1) is 13.9. The summed E-state index contributed by atoms with van der Waals surface area (Å²) in [6.07, 6.45) is 0.924. The van der Waals surface area contributed by atoms with Crippen LogP contribution in [0.1, 0.15) is 18.4 Å². The molecule has 7 nitrogen and oxygen atoms in total. The highest BCUT2D eigenvalue weighted by atomic mass is 32.2. The Labute approximate surface area is 168 Å². The molecule has 0 unspecified atom stereocenters. The number of hydrogen-bond acceptors (Lipinski definition) is 5. The maximum absolute atomic E-state index is 13.5. The largest absolute Gasteiger partial charge is 0.486 e. The van der Waals surface area contributed by atoms with Gasteiger partial charge in [-0.15, -0.1) is 0 Å². The highest BCUT2D eigenvalue weighted by Crippen LogP contribution is 2.38. The molecule has 0 radical (unpaired) electrons. The number of nitrogens with one attached hydrogen (secondary N) is 1. The molecule has 154 valence electrons. The van der Waals surface area contributed by atoms with Gasteiger partial charge in [0.2, 0.25) is 15.9 Å². The number of amides is 1. The van der Waals surface area contributed by atoms with Crippen molar-refractivity contribution in [3.63, 3.8) is 0 Å². The summed E-state index contributed by atoms with van der Waals surface area (Å²) in [5, 5.41) is 2.80. The second-order valence-electron chi connectivity index (χ2n) is 7.01. The van der Waals surface area contributed by atoms with Gasteiger partial charge in [0.1, 0.15) is 23.9 Å². The predicted molar refractivity (Wildman–Crippen MR) is 103 cm³/mol. The summed E-state index contributed by atoms with van der Waals surface area (Å²) in [6.45, 7) is 0.759. The molecule has 0 saturated carbocycles. The summed E-state index contributed by atoms with van der Waals surface area (Å²) in [5.74, 6) is 0.0865. The van der Waals surface area contributed by atoms with Crippen LogP contribution < -0.4 is 14.8 Å². The lowest BCUT2D eigenvalue weighted by Crippen LogP contribution is -2.41. The zero-order chi connectivity index (χ0) is 20.4. The molecule has 9 heteroatoms. The first kappa shape index (κ1) is 19.7. The quantitative estimate of drug-likeness (QED) is 0.773. The predicted octanol–water partition coefficient (Wildman–Crippen LogP) is 2.07. The molecule has 0 bridgehead atoms. The van der Waals surface area contributed by atoms with E-state index in [1.54, 1.807) is 24.3 Å². The van der Waals surface area contributed by atoms with E-state index in [1.807, 2.05) is 0 Å². The summed E-state index contributed by atoms with van der Waals surface area (Å²) in [4.78, 5) is 11.6. The lowest BCUT2D eigenvalue weighted by atomic mass is 10.2. The Balaban J connectivity index is 1.69. The van der Waals surface area contributed by atoms with Gasteiger partial charge in [-0.2, -0.15) is 4.31 Å². The van der Waals surface area contributed by atoms with E-state index in [2.05, 4.69) is 5.32 Å². The Morgan fingerprint density at radius 1 is 1.10 bits per heavy atom. The molecule has 1 N–H and O–H groups in total. The van der Waals surface area contributed by atoms with Gasteiger partial charge in [-0.05, 0) is 36.2 Å². The van der Waals surface area contributed by atoms with Gasteiger partial charge in [-0.1, -0.05) is 18.2 Å². The van der Waals surface area contributed by atoms with Crippen molar-refractivity contribution in [1.29, 1.82) is 0 Å². The number of para-hydroxylation sites is 1. The Morgan fingerprint density at radius 2 is 1.86 bits per heavy atom. The normalized spacial score (nSPS) is 18.7. The maximum atomic E-state index is 13.5. The van der Waals surface area contributed by atoms with Crippen molar-refractivity contribution in [3.8, 4) is 11.5 Å². The second kappa shape index (κ2) is 8.00. The second-order valence-corrected chi connectivity index (χ2v) is 8.91. The minimum Gasteiger partial charge on any atom is -0.486 e. The van der Waals surface area contributed by atoms with Crippen LogP contribution in [0.25, 0.3) is 0 Å². The third kappa shape index (κ3) is 4.20. The smallest absolute Gasteiger partial charge is 0.247 e. The van der Waals surface area contributed by atoms with Crippen molar-refractivity contribution < 1.29 is 27.1 Å². The molecule has 0 aromatic heterocycles. The third-order valence-electron chi connectivity index (χ3n) is 4.93. The summed E-state index contributed by atoms with van der Waals surface area (Å²) < 4.78 is 52.8. The van der Waals surface area contributed by atoms with Gasteiger partial charge in [-0.3, -0.25) is 4.79 Å². The van der Waals surface area contributed by atoms with Crippen LogP contribution in [0.4, 0.5) is 4.39 Å². The van der Waals surface area contributed by atoms with Crippen molar-refractivity contribution in [2.24, 2.45) is 0 Å². The minimum absolute atomic E-state index is 0.0149. The van der Waals surface area contributed by atoms with Crippen molar-refractivity contribution in [1.82, 2.24) is 9.62 Å². The standard InChI is InChI=1S/C20H21FN2O5S/c21-15-6-4-14(5-7-15)12-23(13-16-8-9-19(24)22-16)29(25,26)18-3-1-2-17-20(18)28-11-10-27-17/h1-7,16H,8-13H2,(H,22,24)/t16-/m0/s1. The first-order valence-electron chi connectivity index (χ1n) is 9.36. The maximum Gasteiger partial charge on any atom is 0.247 e. The van der Waals surface area contributed by atoms with Crippen LogP contribution in [0.3, 0.4) is 0 Å². The lowest BCUT2D eigenvalue weighted by molar-refractivity contribution is -0.119. The van der Waals surface area contributed by atoms with Gasteiger partial charge < -0.3 is 14.8 Å². The SMILES string of the molecule is O=C1CC[C@@H](CN(Cc2ccc(F)cc2)S(=O)(=O)c2cccc3c2OCCO3)N1. The minimum atomic E-state index is -3.97. The molecule has 29 heavy (non-hydrogen) atoms. The van der Waals surface area contributed by atoms with Crippen molar-refractivity contribution in [3.05, 3.63) is 53.8 Å². The summed E-state index contributed by atoms with van der Waals surface area (Å²) in [6, 6.07) is 10.1. The fraction of sp³-hybridized carbons (Fsp3) is 0.350.